The number of nitrogens with one attached hydrogen (secondary N) is 2. The van der Waals surface area contributed by atoms with Crippen LogP contribution >= 0.6 is 0 Å². The molecule has 7 aromatic rings. The van der Waals surface area contributed by atoms with Crippen molar-refractivity contribution in [3.8, 4) is 22.3 Å². The molecule has 6 nitrogen and oxygen atoms in total. The van der Waals surface area contributed by atoms with Crippen LogP contribution in [-0.2, 0) is 0 Å². The predicted octanol–water partition coefficient (Wildman–Crippen LogP) is 9.33. The second-order valence-corrected chi connectivity index (χ2v) is 12.2. The molecule has 1 unspecified atom stereocenters. The Morgan fingerprint density at radius 2 is 1.45 bits per heavy atom. The van der Waals surface area contributed by atoms with Crippen LogP contribution in [0.15, 0.2) is 149 Å². The summed E-state index contributed by atoms with van der Waals surface area (Å²) in [7, 11) is 0. The molecule has 4 aromatic carbocycles. The van der Waals surface area contributed by atoms with Gasteiger partial charge >= 0.3 is 0 Å². The number of furan rings is 2. The van der Waals surface area contributed by atoms with Gasteiger partial charge in [0.05, 0.1) is 11.3 Å². The molecule has 1 atom stereocenters. The van der Waals surface area contributed by atoms with E-state index in [1.165, 1.54) is 11.1 Å². The summed E-state index contributed by atoms with van der Waals surface area (Å²) in [5.74, 6) is 0. The first-order valence-electron chi connectivity index (χ1n) is 15.8. The fourth-order valence-corrected chi connectivity index (χ4v) is 7.05. The van der Waals surface area contributed by atoms with Gasteiger partial charge in [0.15, 0.2) is 0 Å². The van der Waals surface area contributed by atoms with E-state index in [1.807, 2.05) is 18.5 Å². The van der Waals surface area contributed by atoms with Crippen LogP contribution in [-0.4, -0.2) is 22.6 Å². The van der Waals surface area contributed by atoms with Crippen molar-refractivity contribution in [1.29, 1.82) is 0 Å². The van der Waals surface area contributed by atoms with Crippen LogP contribution in [0.4, 0.5) is 0 Å². The zero-order valence-electron chi connectivity index (χ0n) is 25.3. The van der Waals surface area contributed by atoms with Crippen LogP contribution in [0.1, 0.15) is 11.1 Å². The van der Waals surface area contributed by atoms with Gasteiger partial charge in [0, 0.05) is 58.4 Å². The Bertz CT molecular complexity index is 2550. The quantitative estimate of drug-likeness (QED) is 0.208. The molecular weight excluding hydrogens is 580 g/mol. The second kappa shape index (κ2) is 10.1. The number of nitrogens with zero attached hydrogens (tertiary/aromatic N) is 2. The van der Waals surface area contributed by atoms with Gasteiger partial charge in [-0.2, -0.15) is 0 Å². The average molecular weight is 609 g/mol. The highest BCUT2D eigenvalue weighted by atomic mass is 16.3. The number of aromatic nitrogens is 1. The molecule has 3 aliphatic heterocycles. The largest absolute Gasteiger partial charge is 0.455 e. The van der Waals surface area contributed by atoms with E-state index in [9.17, 15) is 0 Å². The lowest BCUT2D eigenvalue weighted by molar-refractivity contribution is 0.427. The summed E-state index contributed by atoms with van der Waals surface area (Å²) in [4.78, 5) is 6.53. The van der Waals surface area contributed by atoms with Crippen LogP contribution in [0, 0.1) is 0 Å². The minimum atomic E-state index is 0.145. The van der Waals surface area contributed by atoms with Crippen molar-refractivity contribution in [2.45, 2.75) is 6.17 Å². The van der Waals surface area contributed by atoms with Crippen molar-refractivity contribution in [2.75, 3.05) is 6.54 Å². The molecule has 0 aliphatic carbocycles. The molecule has 10 rings (SSSR count). The van der Waals surface area contributed by atoms with E-state index in [0.717, 1.165) is 83.9 Å². The smallest absolute Gasteiger partial charge is 0.147 e. The fourth-order valence-electron chi connectivity index (χ4n) is 7.05. The first kappa shape index (κ1) is 26.0. The number of fused-ring (bicyclic) bond motifs is 7. The average Bonchev–Trinajstić information content (AvgIpc) is 3.84. The van der Waals surface area contributed by atoms with E-state index in [0.29, 0.717) is 0 Å². The van der Waals surface area contributed by atoms with Crippen molar-refractivity contribution in [3.63, 3.8) is 0 Å². The molecule has 6 heteroatoms. The van der Waals surface area contributed by atoms with Crippen molar-refractivity contribution >= 4 is 55.1 Å². The Morgan fingerprint density at radius 3 is 2.17 bits per heavy atom. The molecule has 0 radical (unpaired) electrons. The zero-order chi connectivity index (χ0) is 30.9. The van der Waals surface area contributed by atoms with E-state index in [4.69, 9.17) is 8.83 Å². The molecule has 0 bridgehead atoms. The van der Waals surface area contributed by atoms with Crippen LogP contribution in [0.3, 0.4) is 0 Å². The first-order chi connectivity index (χ1) is 23.3. The topological polar surface area (TPSA) is 66.5 Å². The van der Waals surface area contributed by atoms with Crippen molar-refractivity contribution < 1.29 is 8.83 Å². The van der Waals surface area contributed by atoms with Gasteiger partial charge in [-0.3, -0.25) is 4.98 Å². The third-order valence-electron chi connectivity index (χ3n) is 9.42. The highest BCUT2D eigenvalue weighted by Crippen LogP contribution is 2.45. The molecule has 0 saturated carbocycles. The second-order valence-electron chi connectivity index (χ2n) is 12.2. The normalized spacial score (nSPS) is 16.9. The van der Waals surface area contributed by atoms with Gasteiger partial charge in [-0.05, 0) is 88.7 Å². The van der Waals surface area contributed by atoms with Crippen LogP contribution in [0.25, 0.3) is 77.4 Å². The SMILES string of the molecule is C1=CNCC(c2ccc3oc4c(-c5ccc(C6=CN7C=CC=CC7N6)cc5)c5oc6ccc(-c7cccnc7)cc6c5cc4c3c2)=C1. The summed E-state index contributed by atoms with van der Waals surface area (Å²) in [6, 6.07) is 27.9. The third kappa shape index (κ3) is 4.15. The maximum absolute atomic E-state index is 6.71. The molecule has 0 spiro atoms. The van der Waals surface area contributed by atoms with Gasteiger partial charge in [0.2, 0.25) is 0 Å². The number of rotatable bonds is 4. The van der Waals surface area contributed by atoms with Gasteiger partial charge in [-0.25, -0.2) is 0 Å². The molecule has 224 valence electrons. The van der Waals surface area contributed by atoms with Crippen LogP contribution in [0.2, 0.25) is 0 Å². The van der Waals surface area contributed by atoms with E-state index in [2.05, 4.69) is 136 Å². The standard InChI is InChI=1S/C41H28N4O2/c1-2-18-45-24-35(44-38(45)7-1)25-8-10-26(11-9-25)39-40-33(31-19-27(12-14-36(31)46-40)29-5-3-16-42-22-29)21-34-32-20-28(30-6-4-17-43-23-30)13-15-37(32)47-41(34)39/h1-22,24,38,43-44H,23H2. The van der Waals surface area contributed by atoms with Gasteiger partial charge < -0.3 is 24.4 Å². The fraction of sp³-hybridized carbons (Fsp3) is 0.0488. The lowest BCUT2D eigenvalue weighted by Crippen LogP contribution is -2.31. The van der Waals surface area contributed by atoms with Gasteiger partial charge in [-0.1, -0.05) is 54.6 Å². The van der Waals surface area contributed by atoms with Gasteiger partial charge in [-0.15, -0.1) is 0 Å². The van der Waals surface area contributed by atoms with E-state index < -0.39 is 0 Å². The minimum Gasteiger partial charge on any atom is -0.455 e. The molecule has 0 fully saturated rings. The molecule has 3 aliphatic rings. The lowest BCUT2D eigenvalue weighted by Gasteiger charge is -2.20. The van der Waals surface area contributed by atoms with E-state index in [1.54, 1.807) is 6.20 Å². The van der Waals surface area contributed by atoms with E-state index >= 15 is 0 Å². The molecule has 2 N–H and O–H groups in total. The Labute approximate surface area is 270 Å². The number of dihydropyridines is 1. The summed E-state index contributed by atoms with van der Waals surface area (Å²) < 4.78 is 13.4. The molecular formula is C41H28N4O2. The summed E-state index contributed by atoms with van der Waals surface area (Å²) in [6.45, 7) is 0.791. The number of benzene rings is 4. The summed E-state index contributed by atoms with van der Waals surface area (Å²) >= 11 is 0. The summed E-state index contributed by atoms with van der Waals surface area (Å²) in [5.41, 5.74) is 12.1. The molecule has 0 amide bonds. The summed E-state index contributed by atoms with van der Waals surface area (Å²) in [6.07, 6.45) is 20.6. The zero-order valence-corrected chi connectivity index (χ0v) is 25.3. The van der Waals surface area contributed by atoms with Crippen molar-refractivity contribution in [2.24, 2.45) is 0 Å². The van der Waals surface area contributed by atoms with Crippen molar-refractivity contribution in [3.05, 3.63) is 151 Å². The summed E-state index contributed by atoms with van der Waals surface area (Å²) in [5, 5.41) is 11.2. The maximum atomic E-state index is 6.71. The van der Waals surface area contributed by atoms with Gasteiger partial charge in [0.25, 0.3) is 0 Å². The Morgan fingerprint density at radius 1 is 0.702 bits per heavy atom. The third-order valence-corrected chi connectivity index (χ3v) is 9.42. The Hall–Kier alpha value is -6.27. The predicted molar refractivity (Wildman–Crippen MR) is 190 cm³/mol. The van der Waals surface area contributed by atoms with Crippen LogP contribution < -0.4 is 10.6 Å². The minimum absolute atomic E-state index is 0.145. The highest BCUT2D eigenvalue weighted by molar-refractivity contribution is 6.22. The number of hydrogen-bond acceptors (Lipinski definition) is 6. The van der Waals surface area contributed by atoms with Crippen LogP contribution in [0.5, 0.6) is 0 Å². The molecule has 3 aromatic heterocycles. The van der Waals surface area contributed by atoms with E-state index in [-0.39, 0.29) is 6.17 Å². The highest BCUT2D eigenvalue weighted by Gasteiger charge is 2.24. The van der Waals surface area contributed by atoms with Gasteiger partial charge in [0.1, 0.15) is 28.5 Å². The number of pyridine rings is 1. The number of allylic oxidation sites excluding steroid dienone is 4. The Balaban J connectivity index is 1.19. The molecule has 47 heavy (non-hydrogen) atoms. The first-order valence-corrected chi connectivity index (χ1v) is 15.8. The molecule has 0 saturated heterocycles. The lowest BCUT2D eigenvalue weighted by atomic mass is 9.96. The van der Waals surface area contributed by atoms with Crippen molar-refractivity contribution in [1.82, 2.24) is 20.5 Å². The number of hydrogen-bond donors (Lipinski definition) is 2. The maximum Gasteiger partial charge on any atom is 0.147 e. The molecule has 6 heterocycles. The monoisotopic (exact) mass is 608 g/mol. The Kier molecular flexibility index (Phi) is 5.60.